The Kier molecular flexibility index (Phi) is 8.44. The molecule has 0 unspecified atom stereocenters. The summed E-state index contributed by atoms with van der Waals surface area (Å²) in [6, 6.07) is 16.3. The second kappa shape index (κ2) is 11.9. The lowest BCUT2D eigenvalue weighted by Gasteiger charge is -2.18. The quantitative estimate of drug-likeness (QED) is 0.148. The van der Waals surface area contributed by atoms with Gasteiger partial charge in [-0.3, -0.25) is 9.59 Å². The number of carbonyl (C=O) groups is 1. The second-order valence-electron chi connectivity index (χ2n) is 9.34. The van der Waals surface area contributed by atoms with Crippen molar-refractivity contribution >= 4 is 23.1 Å². The molecule has 0 aliphatic carbocycles. The Hall–Kier alpha value is -4.46. The van der Waals surface area contributed by atoms with Gasteiger partial charge in [-0.05, 0) is 85.8 Å². The third-order valence-corrected chi connectivity index (χ3v) is 6.12. The van der Waals surface area contributed by atoms with Gasteiger partial charge in [-0.15, -0.1) is 0 Å². The number of esters is 1. The average molecular weight is 528 g/mol. The molecule has 0 amide bonds. The number of hydrogen-bond acceptors (Lipinski definition) is 7. The molecular formula is C31H33N3O5. The summed E-state index contributed by atoms with van der Waals surface area (Å²) in [5.41, 5.74) is 3.70. The fourth-order valence-electron chi connectivity index (χ4n) is 4.31. The molecule has 8 heteroatoms. The first-order valence-electron chi connectivity index (χ1n) is 13.0. The van der Waals surface area contributed by atoms with Crippen LogP contribution in [0.2, 0.25) is 0 Å². The summed E-state index contributed by atoms with van der Waals surface area (Å²) in [5.74, 6) is 1.73. The lowest BCUT2D eigenvalue weighted by atomic mass is 9.96. The van der Waals surface area contributed by atoms with Gasteiger partial charge >= 0.3 is 5.97 Å². The van der Waals surface area contributed by atoms with Crippen LogP contribution in [0.1, 0.15) is 57.2 Å². The molecule has 0 atom stereocenters. The predicted molar refractivity (Wildman–Crippen MR) is 153 cm³/mol. The molecule has 202 valence electrons. The van der Waals surface area contributed by atoms with Gasteiger partial charge in [-0.1, -0.05) is 26.0 Å². The zero-order valence-electron chi connectivity index (χ0n) is 23.1. The molecule has 0 bridgehead atoms. The van der Waals surface area contributed by atoms with Crippen LogP contribution >= 0.6 is 0 Å². The number of para-hydroxylation sites is 1. The number of aryl methyl sites for hydroxylation is 1. The molecule has 4 aromatic rings. The van der Waals surface area contributed by atoms with Crippen LogP contribution in [0.4, 0.5) is 0 Å². The van der Waals surface area contributed by atoms with E-state index in [1.165, 1.54) is 11.6 Å². The number of ether oxygens (including phenoxy) is 3. The molecule has 1 aromatic heterocycles. The van der Waals surface area contributed by atoms with Crippen LogP contribution in [-0.2, 0) is 4.79 Å². The van der Waals surface area contributed by atoms with Crippen molar-refractivity contribution in [2.45, 2.75) is 47.5 Å². The third-order valence-electron chi connectivity index (χ3n) is 6.12. The standard InChI is InChI=1S/C31H33N3O5/c1-7-37-28-15-20(5)25(17-24(28)19(3)4)30-33-26-12-10-9-11-23(26)31(36)34(30)32-18-22-13-14-27(39-21(6)35)29(16-22)38-8-2/h9-19H,7-8H2,1-6H3. The molecule has 0 aliphatic heterocycles. The van der Waals surface area contributed by atoms with E-state index in [9.17, 15) is 9.59 Å². The van der Waals surface area contributed by atoms with Crippen molar-refractivity contribution in [3.05, 3.63) is 81.6 Å². The number of nitrogens with zero attached hydrogens (tertiary/aromatic N) is 3. The van der Waals surface area contributed by atoms with Crippen LogP contribution in [-0.4, -0.2) is 35.1 Å². The van der Waals surface area contributed by atoms with Crippen molar-refractivity contribution in [3.8, 4) is 28.6 Å². The lowest BCUT2D eigenvalue weighted by molar-refractivity contribution is -0.132. The van der Waals surface area contributed by atoms with E-state index < -0.39 is 5.97 Å². The Labute approximate surface area is 227 Å². The summed E-state index contributed by atoms with van der Waals surface area (Å²) in [5, 5.41) is 5.05. The highest BCUT2D eigenvalue weighted by atomic mass is 16.6. The smallest absolute Gasteiger partial charge is 0.308 e. The fraction of sp³-hybridized carbons (Fsp3) is 0.290. The van der Waals surface area contributed by atoms with E-state index in [-0.39, 0.29) is 11.5 Å². The van der Waals surface area contributed by atoms with Gasteiger partial charge < -0.3 is 14.2 Å². The van der Waals surface area contributed by atoms with Crippen LogP contribution in [0.3, 0.4) is 0 Å². The normalized spacial score (nSPS) is 11.4. The first-order valence-corrected chi connectivity index (χ1v) is 13.0. The lowest BCUT2D eigenvalue weighted by Crippen LogP contribution is -2.21. The minimum absolute atomic E-state index is 0.197. The van der Waals surface area contributed by atoms with E-state index in [1.807, 2.05) is 45.0 Å². The van der Waals surface area contributed by atoms with Crippen LogP contribution in [0.15, 0.2) is 64.5 Å². The van der Waals surface area contributed by atoms with Gasteiger partial charge in [-0.2, -0.15) is 9.78 Å². The molecule has 0 spiro atoms. The molecule has 0 saturated carbocycles. The monoisotopic (exact) mass is 527 g/mol. The van der Waals surface area contributed by atoms with Crippen molar-refractivity contribution in [2.75, 3.05) is 13.2 Å². The van der Waals surface area contributed by atoms with Gasteiger partial charge in [0.2, 0.25) is 0 Å². The number of fused-ring (bicyclic) bond motifs is 1. The van der Waals surface area contributed by atoms with Crippen LogP contribution in [0.25, 0.3) is 22.3 Å². The van der Waals surface area contributed by atoms with Gasteiger partial charge in [-0.25, -0.2) is 4.98 Å². The fourth-order valence-corrected chi connectivity index (χ4v) is 4.31. The maximum atomic E-state index is 13.7. The number of aromatic nitrogens is 2. The molecule has 0 fully saturated rings. The van der Waals surface area contributed by atoms with E-state index >= 15 is 0 Å². The summed E-state index contributed by atoms with van der Waals surface area (Å²) in [7, 11) is 0. The zero-order valence-corrected chi connectivity index (χ0v) is 23.1. The molecule has 0 aliphatic rings. The first-order chi connectivity index (χ1) is 18.7. The molecule has 1 heterocycles. The topological polar surface area (TPSA) is 92.0 Å². The summed E-state index contributed by atoms with van der Waals surface area (Å²) < 4.78 is 18.1. The molecule has 39 heavy (non-hydrogen) atoms. The largest absolute Gasteiger partial charge is 0.494 e. The molecular weight excluding hydrogens is 494 g/mol. The van der Waals surface area contributed by atoms with Gasteiger partial charge in [0, 0.05) is 12.5 Å². The molecule has 3 aromatic carbocycles. The van der Waals surface area contributed by atoms with Gasteiger partial charge in [0.05, 0.1) is 30.3 Å². The molecule has 8 nitrogen and oxygen atoms in total. The molecule has 0 radical (unpaired) electrons. The van der Waals surface area contributed by atoms with E-state index in [1.54, 1.807) is 36.5 Å². The Balaban J connectivity index is 1.90. The third kappa shape index (κ3) is 6.00. The Morgan fingerprint density at radius 2 is 1.72 bits per heavy atom. The van der Waals surface area contributed by atoms with Gasteiger partial charge in [0.15, 0.2) is 17.3 Å². The van der Waals surface area contributed by atoms with Crippen molar-refractivity contribution in [2.24, 2.45) is 5.10 Å². The summed E-state index contributed by atoms with van der Waals surface area (Å²) >= 11 is 0. The summed E-state index contributed by atoms with van der Waals surface area (Å²) in [6.07, 6.45) is 1.56. The Morgan fingerprint density at radius 3 is 2.41 bits per heavy atom. The predicted octanol–water partition coefficient (Wildman–Crippen LogP) is 6.10. The number of hydrogen-bond donors (Lipinski definition) is 0. The number of benzene rings is 3. The number of rotatable bonds is 9. The Bertz CT molecular complexity index is 1600. The second-order valence-corrected chi connectivity index (χ2v) is 9.34. The highest BCUT2D eigenvalue weighted by Crippen LogP contribution is 2.34. The van der Waals surface area contributed by atoms with E-state index in [0.29, 0.717) is 47.0 Å². The molecule has 0 saturated heterocycles. The number of carbonyl (C=O) groups excluding carboxylic acids is 1. The van der Waals surface area contributed by atoms with E-state index in [4.69, 9.17) is 19.2 Å². The SMILES string of the molecule is CCOc1cc(C=Nn2c(-c3cc(C(C)C)c(OCC)cc3C)nc3ccccc3c2=O)ccc1OC(C)=O. The van der Waals surface area contributed by atoms with E-state index in [2.05, 4.69) is 18.9 Å². The van der Waals surface area contributed by atoms with Crippen molar-refractivity contribution < 1.29 is 19.0 Å². The maximum Gasteiger partial charge on any atom is 0.308 e. The van der Waals surface area contributed by atoms with Crippen molar-refractivity contribution in [1.29, 1.82) is 0 Å². The van der Waals surface area contributed by atoms with Crippen LogP contribution < -0.4 is 19.8 Å². The van der Waals surface area contributed by atoms with Crippen molar-refractivity contribution in [1.82, 2.24) is 9.66 Å². The highest BCUT2D eigenvalue weighted by molar-refractivity contribution is 5.83. The molecule has 0 N–H and O–H groups in total. The van der Waals surface area contributed by atoms with E-state index in [0.717, 1.165) is 22.4 Å². The molecule has 4 rings (SSSR count). The maximum absolute atomic E-state index is 13.7. The minimum Gasteiger partial charge on any atom is -0.494 e. The van der Waals surface area contributed by atoms with Gasteiger partial charge in [0.25, 0.3) is 5.56 Å². The first kappa shape index (κ1) is 27.6. The van der Waals surface area contributed by atoms with Crippen LogP contribution in [0, 0.1) is 6.92 Å². The zero-order chi connectivity index (χ0) is 28.1. The summed E-state index contributed by atoms with van der Waals surface area (Å²) in [4.78, 5) is 30.0. The minimum atomic E-state index is -0.442. The Morgan fingerprint density at radius 1 is 1.00 bits per heavy atom. The van der Waals surface area contributed by atoms with Crippen molar-refractivity contribution in [3.63, 3.8) is 0 Å². The van der Waals surface area contributed by atoms with Crippen LogP contribution in [0.5, 0.6) is 17.2 Å². The highest BCUT2D eigenvalue weighted by Gasteiger charge is 2.18. The van der Waals surface area contributed by atoms with Gasteiger partial charge in [0.1, 0.15) is 5.75 Å². The summed E-state index contributed by atoms with van der Waals surface area (Å²) in [6.45, 7) is 12.3. The average Bonchev–Trinajstić information content (AvgIpc) is 2.89.